The van der Waals surface area contributed by atoms with E-state index in [4.69, 9.17) is 8.83 Å². The van der Waals surface area contributed by atoms with Crippen molar-refractivity contribution in [3.63, 3.8) is 0 Å². The first-order valence-corrected chi connectivity index (χ1v) is 16.7. The molecule has 11 rings (SSSR count). The molecular formula is C44H24O2S. The highest BCUT2D eigenvalue weighted by atomic mass is 32.1. The van der Waals surface area contributed by atoms with Crippen LogP contribution in [0.2, 0.25) is 0 Å². The van der Waals surface area contributed by atoms with E-state index < -0.39 is 0 Å². The first-order chi connectivity index (χ1) is 23.3. The fraction of sp³-hybridized carbons (Fsp3) is 0. The number of benzene rings is 8. The average molecular weight is 617 g/mol. The first-order valence-electron chi connectivity index (χ1n) is 15.9. The molecule has 8 aromatic carbocycles. The number of fused-ring (bicyclic) bond motifs is 11. The van der Waals surface area contributed by atoms with Gasteiger partial charge in [0.2, 0.25) is 0 Å². The summed E-state index contributed by atoms with van der Waals surface area (Å²) in [7, 11) is 0. The Balaban J connectivity index is 1.34. The number of thiophene rings is 1. The maximum Gasteiger partial charge on any atom is 0.144 e. The van der Waals surface area contributed by atoms with Crippen LogP contribution in [-0.2, 0) is 0 Å². The highest BCUT2D eigenvalue weighted by Gasteiger charge is 2.25. The number of rotatable bonds is 2. The van der Waals surface area contributed by atoms with Crippen molar-refractivity contribution in [2.24, 2.45) is 0 Å². The summed E-state index contributed by atoms with van der Waals surface area (Å²) < 4.78 is 16.0. The molecule has 3 heteroatoms. The van der Waals surface area contributed by atoms with E-state index in [2.05, 4.69) is 133 Å². The molecule has 0 atom stereocenters. The average Bonchev–Trinajstić information content (AvgIpc) is 3.81. The van der Waals surface area contributed by atoms with Gasteiger partial charge < -0.3 is 8.83 Å². The Labute approximate surface area is 272 Å². The van der Waals surface area contributed by atoms with Crippen LogP contribution in [0, 0.1) is 0 Å². The number of furan rings is 2. The van der Waals surface area contributed by atoms with Crippen LogP contribution < -0.4 is 0 Å². The third-order valence-electron chi connectivity index (χ3n) is 9.86. The van der Waals surface area contributed by atoms with Crippen molar-refractivity contribution in [1.29, 1.82) is 0 Å². The Hall–Kier alpha value is -5.90. The van der Waals surface area contributed by atoms with Gasteiger partial charge in [-0.15, -0.1) is 11.3 Å². The first kappa shape index (κ1) is 25.3. The molecule has 3 aromatic heterocycles. The molecule has 11 aromatic rings. The lowest BCUT2D eigenvalue weighted by Gasteiger charge is -2.18. The van der Waals surface area contributed by atoms with E-state index in [0.29, 0.717) is 0 Å². The fourth-order valence-electron chi connectivity index (χ4n) is 7.89. The molecule has 3 heterocycles. The summed E-state index contributed by atoms with van der Waals surface area (Å²) >= 11 is 1.86. The molecule has 0 saturated carbocycles. The minimum atomic E-state index is 0.868. The molecule has 47 heavy (non-hydrogen) atoms. The van der Waals surface area contributed by atoms with E-state index in [9.17, 15) is 0 Å². The maximum absolute atomic E-state index is 6.82. The zero-order chi connectivity index (χ0) is 30.6. The molecule has 0 unspecified atom stereocenters. The summed E-state index contributed by atoms with van der Waals surface area (Å²) in [6.45, 7) is 0. The van der Waals surface area contributed by atoms with E-state index in [1.807, 2.05) is 23.5 Å². The number of hydrogen-bond donors (Lipinski definition) is 0. The molecule has 0 saturated heterocycles. The predicted octanol–water partition coefficient (Wildman–Crippen LogP) is 13.5. The van der Waals surface area contributed by atoms with Crippen molar-refractivity contribution in [3.8, 4) is 22.3 Å². The molecule has 0 fully saturated rings. The second-order valence-electron chi connectivity index (χ2n) is 12.3. The van der Waals surface area contributed by atoms with Crippen LogP contribution in [0.4, 0.5) is 0 Å². The lowest BCUT2D eigenvalue weighted by atomic mass is 9.84. The second-order valence-corrected chi connectivity index (χ2v) is 13.4. The van der Waals surface area contributed by atoms with Gasteiger partial charge in [-0.1, -0.05) is 109 Å². The molecule has 0 aliphatic carbocycles. The quantitative estimate of drug-likeness (QED) is 0.181. The highest BCUT2D eigenvalue weighted by Crippen LogP contribution is 2.51. The molecule has 0 spiro atoms. The van der Waals surface area contributed by atoms with Gasteiger partial charge in [0.15, 0.2) is 0 Å². The van der Waals surface area contributed by atoms with Crippen LogP contribution in [0.1, 0.15) is 0 Å². The topological polar surface area (TPSA) is 26.3 Å². The third-order valence-corrected chi connectivity index (χ3v) is 11.0. The zero-order valence-corrected chi connectivity index (χ0v) is 25.9. The SMILES string of the molecule is c1ccc2c(c1)oc1c(-c3c4ccccc4c(-c4ccc5sc6ccccc6c5c4)c4ccccc34)c3c(cc12)oc1ccccc13. The molecule has 0 amide bonds. The summed E-state index contributed by atoms with van der Waals surface area (Å²) in [5, 5.41) is 11.8. The van der Waals surface area contributed by atoms with Gasteiger partial charge in [0, 0.05) is 52.8 Å². The van der Waals surface area contributed by atoms with Gasteiger partial charge in [-0.2, -0.15) is 0 Å². The monoisotopic (exact) mass is 616 g/mol. The van der Waals surface area contributed by atoms with Crippen LogP contribution in [0.15, 0.2) is 154 Å². The minimum absolute atomic E-state index is 0.868. The molecule has 0 bridgehead atoms. The van der Waals surface area contributed by atoms with Crippen molar-refractivity contribution in [2.45, 2.75) is 0 Å². The number of hydrogen-bond acceptors (Lipinski definition) is 3. The van der Waals surface area contributed by atoms with E-state index in [1.165, 1.54) is 58.4 Å². The van der Waals surface area contributed by atoms with Gasteiger partial charge in [0.1, 0.15) is 22.3 Å². The lowest BCUT2D eigenvalue weighted by Crippen LogP contribution is -1.92. The Bertz CT molecular complexity index is 3020. The molecule has 0 aliphatic rings. The smallest absolute Gasteiger partial charge is 0.144 e. The van der Waals surface area contributed by atoms with Crippen LogP contribution >= 0.6 is 11.3 Å². The van der Waals surface area contributed by atoms with Crippen LogP contribution in [0.5, 0.6) is 0 Å². The van der Waals surface area contributed by atoms with Gasteiger partial charge in [0.25, 0.3) is 0 Å². The van der Waals surface area contributed by atoms with E-state index >= 15 is 0 Å². The molecule has 0 radical (unpaired) electrons. The Kier molecular flexibility index (Phi) is 5.02. The minimum Gasteiger partial charge on any atom is -0.456 e. The highest BCUT2D eigenvalue weighted by molar-refractivity contribution is 7.25. The fourth-order valence-corrected chi connectivity index (χ4v) is 8.98. The van der Waals surface area contributed by atoms with Gasteiger partial charge in [-0.25, -0.2) is 0 Å². The molecular weight excluding hydrogens is 593 g/mol. The largest absolute Gasteiger partial charge is 0.456 e. The van der Waals surface area contributed by atoms with Gasteiger partial charge in [-0.3, -0.25) is 0 Å². The van der Waals surface area contributed by atoms with E-state index in [-0.39, 0.29) is 0 Å². The van der Waals surface area contributed by atoms with Crippen LogP contribution in [0.25, 0.3) is 108 Å². The van der Waals surface area contributed by atoms with Crippen molar-refractivity contribution < 1.29 is 8.83 Å². The number of para-hydroxylation sites is 2. The maximum atomic E-state index is 6.82. The van der Waals surface area contributed by atoms with Crippen LogP contribution in [0.3, 0.4) is 0 Å². The van der Waals surface area contributed by atoms with Crippen molar-refractivity contribution in [2.75, 3.05) is 0 Å². The Morgan fingerprint density at radius 1 is 0.340 bits per heavy atom. The summed E-state index contributed by atoms with van der Waals surface area (Å²) in [6.07, 6.45) is 0. The third kappa shape index (κ3) is 3.44. The predicted molar refractivity (Wildman–Crippen MR) is 200 cm³/mol. The van der Waals surface area contributed by atoms with E-state index in [0.717, 1.165) is 49.4 Å². The van der Waals surface area contributed by atoms with Crippen LogP contribution in [-0.4, -0.2) is 0 Å². The lowest BCUT2D eigenvalue weighted by molar-refractivity contribution is 0.664. The Morgan fingerprint density at radius 3 is 1.62 bits per heavy atom. The molecule has 2 nitrogen and oxygen atoms in total. The summed E-state index contributed by atoms with van der Waals surface area (Å²) in [5.41, 5.74) is 8.24. The molecule has 218 valence electrons. The van der Waals surface area contributed by atoms with Gasteiger partial charge in [0.05, 0.1) is 0 Å². The zero-order valence-electron chi connectivity index (χ0n) is 25.1. The van der Waals surface area contributed by atoms with Gasteiger partial charge in [-0.05, 0) is 69.1 Å². The van der Waals surface area contributed by atoms with Gasteiger partial charge >= 0.3 is 0 Å². The standard InChI is InChI=1S/C44H24O2S/c1-3-15-30-28(13-1)40(25-21-22-39-33(23-25)27-12-7-10-20-38(27)47-39)29-14-2-4-16-31(29)41(30)43-42-32-17-6-9-19-36(32)45-37(42)24-34-26-11-5-8-18-35(26)46-44(34)43/h1-24H. The molecule has 0 N–H and O–H groups in total. The second kappa shape index (κ2) is 9.32. The van der Waals surface area contributed by atoms with E-state index in [1.54, 1.807) is 0 Å². The van der Waals surface area contributed by atoms with Crippen molar-refractivity contribution in [3.05, 3.63) is 146 Å². The van der Waals surface area contributed by atoms with Crippen molar-refractivity contribution >= 4 is 96.9 Å². The summed E-state index contributed by atoms with van der Waals surface area (Å²) in [5.74, 6) is 0. The normalized spacial score (nSPS) is 12.3. The summed E-state index contributed by atoms with van der Waals surface area (Å²) in [4.78, 5) is 0. The van der Waals surface area contributed by atoms with Crippen molar-refractivity contribution in [1.82, 2.24) is 0 Å². The molecule has 0 aliphatic heterocycles. The Morgan fingerprint density at radius 2 is 0.894 bits per heavy atom. The summed E-state index contributed by atoms with van der Waals surface area (Å²) in [6, 6.07) is 52.3.